The van der Waals surface area contributed by atoms with Crippen LogP contribution in [0.2, 0.25) is 5.02 Å². The molecule has 3 rings (SSSR count). The Kier molecular flexibility index (Phi) is 6.06. The van der Waals surface area contributed by atoms with E-state index >= 15 is 0 Å². The van der Waals surface area contributed by atoms with Gasteiger partial charge in [-0.1, -0.05) is 17.7 Å². The van der Waals surface area contributed by atoms with Crippen molar-refractivity contribution in [2.24, 2.45) is 0 Å². The van der Waals surface area contributed by atoms with Crippen LogP contribution in [-0.2, 0) is 4.79 Å². The van der Waals surface area contributed by atoms with E-state index in [1.807, 2.05) is 0 Å². The van der Waals surface area contributed by atoms with Crippen molar-refractivity contribution in [2.45, 2.75) is 0 Å². The molecule has 0 unspecified atom stereocenters. The molecule has 0 radical (unpaired) electrons. The molecule has 2 aromatic carbocycles. The summed E-state index contributed by atoms with van der Waals surface area (Å²) in [4.78, 5) is 34.3. The van der Waals surface area contributed by atoms with Crippen molar-refractivity contribution in [3.05, 3.63) is 93.4 Å². The molecule has 0 atom stereocenters. The van der Waals surface area contributed by atoms with Gasteiger partial charge in [0.2, 0.25) is 5.91 Å². The van der Waals surface area contributed by atoms with Crippen molar-refractivity contribution < 1.29 is 18.9 Å². The molecule has 0 aliphatic heterocycles. The monoisotopic (exact) mass is 411 g/mol. The highest BCUT2D eigenvalue weighted by Gasteiger charge is 2.12. The van der Waals surface area contributed by atoms with Gasteiger partial charge in [-0.2, -0.15) is 0 Å². The Hall–Kier alpha value is -3.91. The quantitative estimate of drug-likeness (QED) is 0.345. The van der Waals surface area contributed by atoms with Gasteiger partial charge in [-0.15, -0.1) is 0 Å². The predicted molar refractivity (Wildman–Crippen MR) is 109 cm³/mol. The lowest BCUT2D eigenvalue weighted by Crippen LogP contribution is -2.11. The summed E-state index contributed by atoms with van der Waals surface area (Å²) in [6.45, 7) is 0. The van der Waals surface area contributed by atoms with Crippen molar-refractivity contribution in [3.8, 4) is 0 Å². The maximum Gasteiger partial charge on any atom is 0.291 e. The summed E-state index contributed by atoms with van der Waals surface area (Å²) in [5.41, 5.74) is 1.28. The molecule has 1 aromatic heterocycles. The number of amides is 2. The zero-order valence-corrected chi connectivity index (χ0v) is 15.6. The van der Waals surface area contributed by atoms with E-state index in [2.05, 4.69) is 10.6 Å². The molecule has 0 aliphatic carbocycles. The number of halogens is 1. The fourth-order valence-corrected chi connectivity index (χ4v) is 2.55. The zero-order valence-electron chi connectivity index (χ0n) is 14.8. The molecule has 9 heteroatoms. The number of rotatable bonds is 6. The van der Waals surface area contributed by atoms with Crippen molar-refractivity contribution >= 4 is 46.6 Å². The summed E-state index contributed by atoms with van der Waals surface area (Å²) in [6, 6.07) is 13.9. The highest BCUT2D eigenvalue weighted by molar-refractivity contribution is 6.32. The average molecular weight is 412 g/mol. The smallest absolute Gasteiger partial charge is 0.291 e. The molecule has 8 nitrogen and oxygen atoms in total. The van der Waals surface area contributed by atoms with Crippen LogP contribution in [-0.4, -0.2) is 16.7 Å². The van der Waals surface area contributed by atoms with E-state index < -0.39 is 10.8 Å². The predicted octanol–water partition coefficient (Wildman–Crippen LogP) is 4.75. The SMILES string of the molecule is O=C(C=Cc1ccc(Cl)c([N+](=O)[O-])c1)Nc1ccc(NC(=O)c2ccco2)cc1. The summed E-state index contributed by atoms with van der Waals surface area (Å²) in [6.07, 6.45) is 4.10. The Labute approximate surface area is 169 Å². The minimum absolute atomic E-state index is 0.0239. The number of nitro groups is 1. The molecule has 0 fully saturated rings. The summed E-state index contributed by atoms with van der Waals surface area (Å²) in [5.74, 6) is -0.614. The second-order valence-corrected chi connectivity index (χ2v) is 6.21. The van der Waals surface area contributed by atoms with E-state index in [4.69, 9.17) is 16.0 Å². The lowest BCUT2D eigenvalue weighted by Gasteiger charge is -2.06. The number of carbonyl (C=O) groups is 2. The maximum atomic E-state index is 12.0. The molecule has 0 aliphatic rings. The number of furan rings is 1. The topological polar surface area (TPSA) is 114 Å². The van der Waals surface area contributed by atoms with Gasteiger partial charge in [-0.05, 0) is 54.1 Å². The van der Waals surface area contributed by atoms with Crippen molar-refractivity contribution in [3.63, 3.8) is 0 Å². The molecule has 1 heterocycles. The van der Waals surface area contributed by atoms with Gasteiger partial charge in [0.15, 0.2) is 5.76 Å². The number of nitrogens with zero attached hydrogens (tertiary/aromatic N) is 1. The highest BCUT2D eigenvalue weighted by Crippen LogP contribution is 2.25. The van der Waals surface area contributed by atoms with E-state index in [0.717, 1.165) is 0 Å². The van der Waals surface area contributed by atoms with Gasteiger partial charge in [0.05, 0.1) is 11.2 Å². The van der Waals surface area contributed by atoms with Crippen LogP contribution in [0.5, 0.6) is 0 Å². The Morgan fingerprint density at radius 2 is 1.72 bits per heavy atom. The molecule has 29 heavy (non-hydrogen) atoms. The van der Waals surface area contributed by atoms with Crippen LogP contribution in [0, 0.1) is 10.1 Å². The third-order valence-corrected chi connectivity index (χ3v) is 4.07. The van der Waals surface area contributed by atoms with E-state index in [1.165, 1.54) is 30.5 Å². The minimum atomic E-state index is -0.591. The minimum Gasteiger partial charge on any atom is -0.459 e. The first kappa shape index (κ1) is 19.8. The Morgan fingerprint density at radius 1 is 1.03 bits per heavy atom. The molecular formula is C20H14ClN3O5. The number of benzene rings is 2. The van der Waals surface area contributed by atoms with Crippen molar-refractivity contribution in [1.29, 1.82) is 0 Å². The number of carbonyl (C=O) groups excluding carboxylic acids is 2. The molecule has 3 aromatic rings. The number of anilines is 2. The summed E-state index contributed by atoms with van der Waals surface area (Å²) < 4.78 is 5.01. The molecule has 0 bridgehead atoms. The Bertz CT molecular complexity index is 1080. The fraction of sp³-hybridized carbons (Fsp3) is 0. The second kappa shape index (κ2) is 8.85. The van der Waals surface area contributed by atoms with Gasteiger partial charge in [-0.25, -0.2) is 0 Å². The number of nitro benzene ring substituents is 1. The Balaban J connectivity index is 1.59. The standard InChI is InChI=1S/C20H14ClN3O5/c21-16-9-3-13(12-17(16)24(27)28)4-10-19(25)22-14-5-7-15(8-6-14)23-20(26)18-2-1-11-29-18/h1-12H,(H,22,25)(H,23,26). The van der Waals surface area contributed by atoms with Crippen LogP contribution in [0.3, 0.4) is 0 Å². The maximum absolute atomic E-state index is 12.0. The largest absolute Gasteiger partial charge is 0.459 e. The van der Waals surface area contributed by atoms with Crippen LogP contribution < -0.4 is 10.6 Å². The van der Waals surface area contributed by atoms with E-state index in [0.29, 0.717) is 16.9 Å². The second-order valence-electron chi connectivity index (χ2n) is 5.80. The fourth-order valence-electron chi connectivity index (χ4n) is 2.37. The van der Waals surface area contributed by atoms with Crippen molar-refractivity contribution in [2.75, 3.05) is 10.6 Å². The summed E-state index contributed by atoms with van der Waals surface area (Å²) >= 11 is 5.76. The molecular weight excluding hydrogens is 398 g/mol. The molecule has 0 saturated heterocycles. The number of hydrogen-bond donors (Lipinski definition) is 2. The lowest BCUT2D eigenvalue weighted by molar-refractivity contribution is -0.384. The van der Waals surface area contributed by atoms with Crippen LogP contribution in [0.1, 0.15) is 16.1 Å². The van der Waals surface area contributed by atoms with Crippen LogP contribution >= 0.6 is 11.6 Å². The van der Waals surface area contributed by atoms with Gasteiger partial charge in [0, 0.05) is 23.5 Å². The van der Waals surface area contributed by atoms with Crippen LogP contribution in [0.25, 0.3) is 6.08 Å². The highest BCUT2D eigenvalue weighted by atomic mass is 35.5. The first-order chi connectivity index (χ1) is 13.9. The lowest BCUT2D eigenvalue weighted by atomic mass is 10.2. The van der Waals surface area contributed by atoms with E-state index in [-0.39, 0.29) is 22.4 Å². The van der Waals surface area contributed by atoms with Gasteiger partial charge in [-0.3, -0.25) is 19.7 Å². The Morgan fingerprint density at radius 3 is 2.34 bits per heavy atom. The van der Waals surface area contributed by atoms with Gasteiger partial charge >= 0.3 is 0 Å². The van der Waals surface area contributed by atoms with Crippen LogP contribution in [0.15, 0.2) is 71.4 Å². The van der Waals surface area contributed by atoms with Gasteiger partial charge < -0.3 is 15.1 Å². The average Bonchev–Trinajstić information content (AvgIpc) is 3.23. The van der Waals surface area contributed by atoms with Crippen molar-refractivity contribution in [1.82, 2.24) is 0 Å². The first-order valence-electron chi connectivity index (χ1n) is 8.30. The van der Waals surface area contributed by atoms with Crippen LogP contribution in [0.4, 0.5) is 17.1 Å². The number of nitrogens with one attached hydrogen (secondary N) is 2. The first-order valence-corrected chi connectivity index (χ1v) is 8.68. The molecule has 2 amide bonds. The summed E-state index contributed by atoms with van der Waals surface area (Å²) in [5, 5.41) is 16.2. The zero-order chi connectivity index (χ0) is 20.8. The molecule has 0 spiro atoms. The third kappa shape index (κ3) is 5.30. The van der Waals surface area contributed by atoms with Gasteiger partial charge in [0.1, 0.15) is 5.02 Å². The van der Waals surface area contributed by atoms with E-state index in [1.54, 1.807) is 42.5 Å². The van der Waals surface area contributed by atoms with E-state index in [9.17, 15) is 19.7 Å². The molecule has 146 valence electrons. The summed E-state index contributed by atoms with van der Waals surface area (Å²) in [7, 11) is 0. The third-order valence-electron chi connectivity index (χ3n) is 3.75. The molecule has 2 N–H and O–H groups in total. The van der Waals surface area contributed by atoms with Gasteiger partial charge in [0.25, 0.3) is 11.6 Å². The number of hydrogen-bond acceptors (Lipinski definition) is 5. The normalized spacial score (nSPS) is 10.7. The molecule has 0 saturated carbocycles.